The molecule has 0 heterocycles. The smallest absolute Gasteiger partial charge is 0.0512 e. The van der Waals surface area contributed by atoms with Crippen molar-refractivity contribution in [2.75, 3.05) is 6.54 Å². The van der Waals surface area contributed by atoms with Crippen LogP contribution in [0, 0.1) is 5.41 Å². The molecular weight excluding hydrogens is 162 g/mol. The summed E-state index contributed by atoms with van der Waals surface area (Å²) >= 11 is 0. The van der Waals surface area contributed by atoms with E-state index in [4.69, 9.17) is 5.11 Å². The fourth-order valence-corrected chi connectivity index (χ4v) is 1.59. The Bertz CT molecular complexity index is 152. The normalized spacial score (nSPS) is 24.0. The lowest BCUT2D eigenvalue weighted by molar-refractivity contribution is 0.180. The summed E-state index contributed by atoms with van der Waals surface area (Å²) in [6.45, 7) is 7.52. The van der Waals surface area contributed by atoms with Crippen molar-refractivity contribution in [1.82, 2.24) is 5.32 Å². The third kappa shape index (κ3) is 3.65. The van der Waals surface area contributed by atoms with Crippen molar-refractivity contribution >= 4 is 0 Å². The van der Waals surface area contributed by atoms with E-state index in [0.717, 1.165) is 19.4 Å². The van der Waals surface area contributed by atoms with Crippen LogP contribution in [0.3, 0.4) is 0 Å². The molecule has 2 atom stereocenters. The lowest BCUT2D eigenvalue weighted by atomic mass is 10.0. The number of rotatable bonds is 6. The van der Waals surface area contributed by atoms with Crippen molar-refractivity contribution in [3.8, 4) is 0 Å². The van der Waals surface area contributed by atoms with E-state index in [2.05, 4.69) is 19.2 Å². The Morgan fingerprint density at radius 3 is 2.46 bits per heavy atom. The maximum Gasteiger partial charge on any atom is 0.0512 e. The number of hydrogen-bond donors (Lipinski definition) is 2. The van der Waals surface area contributed by atoms with Gasteiger partial charge in [-0.15, -0.1) is 0 Å². The van der Waals surface area contributed by atoms with Gasteiger partial charge in [-0.1, -0.05) is 6.92 Å². The van der Waals surface area contributed by atoms with Crippen molar-refractivity contribution in [2.45, 2.75) is 58.6 Å². The summed E-state index contributed by atoms with van der Waals surface area (Å²) in [7, 11) is 0. The molecule has 1 aliphatic rings. The van der Waals surface area contributed by atoms with Gasteiger partial charge in [-0.2, -0.15) is 0 Å². The largest absolute Gasteiger partial charge is 0.393 e. The maximum atomic E-state index is 9.06. The van der Waals surface area contributed by atoms with E-state index in [1.165, 1.54) is 12.8 Å². The highest BCUT2D eigenvalue weighted by molar-refractivity contribution is 4.96. The first-order valence-electron chi connectivity index (χ1n) is 5.46. The molecule has 0 amide bonds. The average Bonchev–Trinajstić information content (AvgIpc) is 2.78. The molecule has 1 rings (SSSR count). The Balaban J connectivity index is 1.99. The first kappa shape index (κ1) is 11.0. The van der Waals surface area contributed by atoms with Crippen LogP contribution >= 0.6 is 0 Å². The fourth-order valence-electron chi connectivity index (χ4n) is 1.59. The summed E-state index contributed by atoms with van der Waals surface area (Å²) in [5, 5.41) is 12.6. The van der Waals surface area contributed by atoms with Crippen LogP contribution in [0.5, 0.6) is 0 Å². The standard InChI is InChI=1S/C11H23NO/c1-9(13)5-4-8-12-10(2)11(3)6-7-11/h9-10,12-13H,4-8H2,1-3H3. The summed E-state index contributed by atoms with van der Waals surface area (Å²) < 4.78 is 0. The number of aliphatic hydroxyl groups is 1. The molecule has 0 aromatic rings. The summed E-state index contributed by atoms with van der Waals surface area (Å²) in [5.41, 5.74) is 0.574. The summed E-state index contributed by atoms with van der Waals surface area (Å²) in [6, 6.07) is 0.640. The molecule has 78 valence electrons. The van der Waals surface area contributed by atoms with Gasteiger partial charge in [-0.05, 0) is 51.5 Å². The molecule has 2 unspecified atom stereocenters. The lowest BCUT2D eigenvalue weighted by Crippen LogP contribution is -2.34. The average molecular weight is 185 g/mol. The highest BCUT2D eigenvalue weighted by Gasteiger charge is 2.41. The molecule has 2 N–H and O–H groups in total. The van der Waals surface area contributed by atoms with Gasteiger partial charge in [-0.3, -0.25) is 0 Å². The van der Waals surface area contributed by atoms with Gasteiger partial charge in [0.05, 0.1) is 6.10 Å². The van der Waals surface area contributed by atoms with Crippen molar-refractivity contribution in [3.63, 3.8) is 0 Å². The van der Waals surface area contributed by atoms with Crippen LogP contribution in [0.2, 0.25) is 0 Å². The van der Waals surface area contributed by atoms with E-state index in [1.54, 1.807) is 0 Å². The molecule has 0 radical (unpaired) electrons. The number of hydrogen-bond acceptors (Lipinski definition) is 2. The summed E-state index contributed by atoms with van der Waals surface area (Å²) in [6.07, 6.45) is 4.59. The Labute approximate surface area is 81.7 Å². The van der Waals surface area contributed by atoms with Crippen LogP contribution in [-0.4, -0.2) is 23.8 Å². The third-order valence-electron chi connectivity index (χ3n) is 3.33. The van der Waals surface area contributed by atoms with E-state index in [1.807, 2.05) is 6.92 Å². The molecule has 0 aromatic carbocycles. The van der Waals surface area contributed by atoms with Crippen LogP contribution in [-0.2, 0) is 0 Å². The van der Waals surface area contributed by atoms with Crippen molar-refractivity contribution in [1.29, 1.82) is 0 Å². The lowest BCUT2D eigenvalue weighted by Gasteiger charge is -2.20. The molecule has 0 bridgehead atoms. The van der Waals surface area contributed by atoms with Crippen LogP contribution in [0.15, 0.2) is 0 Å². The Hall–Kier alpha value is -0.0800. The summed E-state index contributed by atoms with van der Waals surface area (Å²) in [5.74, 6) is 0. The number of nitrogens with one attached hydrogen (secondary N) is 1. The van der Waals surface area contributed by atoms with E-state index in [0.29, 0.717) is 11.5 Å². The second kappa shape index (κ2) is 4.43. The van der Waals surface area contributed by atoms with Crippen molar-refractivity contribution in [2.24, 2.45) is 5.41 Å². The van der Waals surface area contributed by atoms with E-state index in [9.17, 15) is 0 Å². The van der Waals surface area contributed by atoms with Gasteiger partial charge in [0.1, 0.15) is 0 Å². The predicted octanol–water partition coefficient (Wildman–Crippen LogP) is 1.93. The van der Waals surface area contributed by atoms with Gasteiger partial charge in [-0.25, -0.2) is 0 Å². The highest BCUT2D eigenvalue weighted by Crippen LogP contribution is 2.47. The molecule has 0 saturated heterocycles. The van der Waals surface area contributed by atoms with Gasteiger partial charge in [0.25, 0.3) is 0 Å². The molecule has 1 fully saturated rings. The third-order valence-corrected chi connectivity index (χ3v) is 3.33. The Kier molecular flexibility index (Phi) is 3.74. The Morgan fingerprint density at radius 1 is 1.38 bits per heavy atom. The topological polar surface area (TPSA) is 32.3 Å². The molecule has 0 aliphatic heterocycles. The molecule has 2 nitrogen and oxygen atoms in total. The maximum absolute atomic E-state index is 9.06. The SMILES string of the molecule is CC(O)CCCNC(C)C1(C)CC1. The fraction of sp³-hybridized carbons (Fsp3) is 1.00. The van der Waals surface area contributed by atoms with Gasteiger partial charge >= 0.3 is 0 Å². The highest BCUT2D eigenvalue weighted by atomic mass is 16.3. The molecule has 2 heteroatoms. The van der Waals surface area contributed by atoms with E-state index in [-0.39, 0.29) is 6.10 Å². The minimum atomic E-state index is -0.145. The molecular formula is C11H23NO. The summed E-state index contributed by atoms with van der Waals surface area (Å²) in [4.78, 5) is 0. The predicted molar refractivity (Wildman–Crippen MR) is 55.7 cm³/mol. The van der Waals surface area contributed by atoms with E-state index >= 15 is 0 Å². The molecule has 1 saturated carbocycles. The van der Waals surface area contributed by atoms with Gasteiger partial charge < -0.3 is 10.4 Å². The zero-order valence-corrected chi connectivity index (χ0v) is 9.14. The van der Waals surface area contributed by atoms with Gasteiger partial charge in [0.2, 0.25) is 0 Å². The van der Waals surface area contributed by atoms with Crippen LogP contribution in [0.1, 0.15) is 46.5 Å². The van der Waals surface area contributed by atoms with Crippen LogP contribution in [0.25, 0.3) is 0 Å². The molecule has 1 aliphatic carbocycles. The molecule has 13 heavy (non-hydrogen) atoms. The first-order chi connectivity index (χ1) is 6.04. The number of aliphatic hydroxyl groups excluding tert-OH is 1. The zero-order valence-electron chi connectivity index (χ0n) is 9.14. The first-order valence-corrected chi connectivity index (χ1v) is 5.46. The zero-order chi connectivity index (χ0) is 9.90. The second-order valence-electron chi connectivity index (χ2n) is 4.82. The van der Waals surface area contributed by atoms with Crippen LogP contribution in [0.4, 0.5) is 0 Å². The minimum absolute atomic E-state index is 0.145. The van der Waals surface area contributed by atoms with Crippen molar-refractivity contribution < 1.29 is 5.11 Å². The molecule has 0 spiro atoms. The monoisotopic (exact) mass is 185 g/mol. The van der Waals surface area contributed by atoms with Crippen molar-refractivity contribution in [3.05, 3.63) is 0 Å². The quantitative estimate of drug-likeness (QED) is 0.620. The van der Waals surface area contributed by atoms with Gasteiger partial charge in [0.15, 0.2) is 0 Å². The second-order valence-corrected chi connectivity index (χ2v) is 4.82. The van der Waals surface area contributed by atoms with E-state index < -0.39 is 0 Å². The minimum Gasteiger partial charge on any atom is -0.393 e. The van der Waals surface area contributed by atoms with Gasteiger partial charge in [0, 0.05) is 6.04 Å². The molecule has 0 aromatic heterocycles. The van der Waals surface area contributed by atoms with Crippen LogP contribution < -0.4 is 5.32 Å². The Morgan fingerprint density at radius 2 is 2.00 bits per heavy atom.